The molecule has 3 heteroatoms. The molecule has 0 saturated heterocycles. The van der Waals surface area contributed by atoms with Crippen LogP contribution in [0.5, 0.6) is 0 Å². The van der Waals surface area contributed by atoms with Crippen molar-refractivity contribution in [3.8, 4) is 0 Å². The summed E-state index contributed by atoms with van der Waals surface area (Å²) in [5.74, 6) is 0.565. The summed E-state index contributed by atoms with van der Waals surface area (Å²) in [6.45, 7) is 4.20. The van der Waals surface area contributed by atoms with Gasteiger partial charge in [-0.25, -0.2) is 0 Å². The monoisotopic (exact) mass is 362 g/mol. The average molecular weight is 363 g/mol. The fourth-order valence-electron chi connectivity index (χ4n) is 4.38. The van der Waals surface area contributed by atoms with Gasteiger partial charge in [0.2, 0.25) is 0 Å². The van der Waals surface area contributed by atoms with Crippen LogP contribution in [-0.2, 0) is 4.79 Å². The molecule has 3 rings (SSSR count). The molecule has 0 bridgehead atoms. The van der Waals surface area contributed by atoms with Crippen LogP contribution in [0.15, 0.2) is 34.3 Å². The van der Waals surface area contributed by atoms with E-state index in [1.165, 1.54) is 0 Å². The minimum Gasteiger partial charge on any atom is -0.393 e. The molecule has 2 unspecified atom stereocenters. The summed E-state index contributed by atoms with van der Waals surface area (Å²) in [7, 11) is 0. The van der Waals surface area contributed by atoms with Crippen LogP contribution < -0.4 is 0 Å². The summed E-state index contributed by atoms with van der Waals surface area (Å²) in [5.41, 5.74) is 1.73. The van der Waals surface area contributed by atoms with Gasteiger partial charge in [0.1, 0.15) is 0 Å². The summed E-state index contributed by atoms with van der Waals surface area (Å²) >= 11 is 3.55. The van der Waals surface area contributed by atoms with Crippen LogP contribution in [0.4, 0.5) is 0 Å². The summed E-state index contributed by atoms with van der Waals surface area (Å²) in [5, 5.41) is 10.6. The van der Waals surface area contributed by atoms with Gasteiger partial charge in [-0.15, -0.1) is 0 Å². The van der Waals surface area contributed by atoms with Crippen molar-refractivity contribution in [1.29, 1.82) is 0 Å². The van der Waals surface area contributed by atoms with Crippen molar-refractivity contribution in [1.82, 2.24) is 0 Å². The second kappa shape index (κ2) is 5.93. The number of carbonyl (C=O) groups excluding carboxylic acids is 1. The highest BCUT2D eigenvalue weighted by atomic mass is 79.9. The third-order valence-electron chi connectivity index (χ3n) is 5.74. The van der Waals surface area contributed by atoms with Crippen LogP contribution in [0.1, 0.15) is 45.1 Å². The van der Waals surface area contributed by atoms with E-state index in [9.17, 15) is 9.90 Å². The molecule has 22 heavy (non-hydrogen) atoms. The fraction of sp³-hybridized carbons (Fsp3) is 0.526. The molecule has 1 aromatic rings. The van der Waals surface area contributed by atoms with Crippen LogP contribution in [0.25, 0.3) is 6.08 Å². The molecule has 0 radical (unpaired) electrons. The van der Waals surface area contributed by atoms with Gasteiger partial charge < -0.3 is 5.11 Å². The number of benzene rings is 1. The average Bonchev–Trinajstić information content (AvgIpc) is 2.49. The van der Waals surface area contributed by atoms with Crippen LogP contribution in [0.2, 0.25) is 0 Å². The number of halogens is 1. The molecule has 1 aromatic carbocycles. The number of aliphatic hydroxyl groups excluding tert-OH is 1. The topological polar surface area (TPSA) is 37.3 Å². The highest BCUT2D eigenvalue weighted by Gasteiger charge is 2.51. The quantitative estimate of drug-likeness (QED) is 0.740. The van der Waals surface area contributed by atoms with E-state index in [1.807, 2.05) is 37.3 Å². The number of hydrogen-bond donors (Lipinski definition) is 1. The van der Waals surface area contributed by atoms with Crippen molar-refractivity contribution in [2.45, 2.75) is 45.6 Å². The maximum atomic E-state index is 12.8. The molecule has 0 aliphatic heterocycles. The van der Waals surface area contributed by atoms with Crippen molar-refractivity contribution in [3.05, 3.63) is 39.9 Å². The van der Waals surface area contributed by atoms with E-state index in [1.54, 1.807) is 0 Å². The lowest BCUT2D eigenvalue weighted by Crippen LogP contribution is -2.51. The number of rotatable bonds is 1. The zero-order valence-electron chi connectivity index (χ0n) is 13.2. The first-order chi connectivity index (χ1) is 10.4. The predicted octanol–water partition coefficient (Wildman–Crippen LogP) is 4.61. The number of carbonyl (C=O) groups is 1. The van der Waals surface area contributed by atoms with E-state index < -0.39 is 0 Å². The molecule has 1 N–H and O–H groups in total. The minimum atomic E-state index is -0.301. The van der Waals surface area contributed by atoms with Crippen molar-refractivity contribution in [2.24, 2.45) is 17.3 Å². The van der Waals surface area contributed by atoms with E-state index in [0.29, 0.717) is 12.3 Å². The molecule has 2 fully saturated rings. The molecule has 4 atom stereocenters. The Balaban J connectivity index is 1.99. The highest BCUT2D eigenvalue weighted by molar-refractivity contribution is 9.10. The van der Waals surface area contributed by atoms with Gasteiger partial charge in [-0.05, 0) is 48.5 Å². The molecular formula is C19H23BrO2. The lowest BCUT2D eigenvalue weighted by Gasteiger charge is -2.51. The molecule has 2 aliphatic carbocycles. The third kappa shape index (κ3) is 2.59. The van der Waals surface area contributed by atoms with Gasteiger partial charge in [-0.2, -0.15) is 0 Å². The van der Waals surface area contributed by atoms with Crippen LogP contribution in [0, 0.1) is 17.3 Å². The Kier molecular flexibility index (Phi) is 4.30. The van der Waals surface area contributed by atoms with Crippen LogP contribution >= 0.6 is 15.9 Å². The van der Waals surface area contributed by atoms with Crippen molar-refractivity contribution >= 4 is 27.8 Å². The first-order valence-electron chi connectivity index (χ1n) is 8.11. The zero-order valence-corrected chi connectivity index (χ0v) is 14.8. The first-order valence-corrected chi connectivity index (χ1v) is 8.90. The van der Waals surface area contributed by atoms with Crippen molar-refractivity contribution in [2.75, 3.05) is 0 Å². The number of hydrogen-bond acceptors (Lipinski definition) is 2. The molecule has 0 aromatic heterocycles. The molecule has 2 nitrogen and oxygen atoms in total. The Morgan fingerprint density at radius 1 is 1.32 bits per heavy atom. The summed E-state index contributed by atoms with van der Waals surface area (Å²) in [6, 6.07) is 7.96. The standard InChI is InChI=1S/C19H23BrO2/c1-12-15-7-5-9-17(21)19(15,2)11-14(18(12)22)10-13-6-3-4-8-16(13)20/h3-4,6,8,10,12,15,17,21H,5,7,9,11H2,1-2H3/b14-10-/t12?,15?,17-,19-/m0/s1. The fourth-order valence-corrected chi connectivity index (χ4v) is 4.78. The lowest BCUT2D eigenvalue weighted by molar-refractivity contribution is -0.133. The SMILES string of the molecule is CC1C(=O)/C(=C\c2ccccc2Br)C[C@@]2(C)C1CCC[C@@H]2O. The van der Waals surface area contributed by atoms with Crippen molar-refractivity contribution in [3.63, 3.8) is 0 Å². The van der Waals surface area contributed by atoms with E-state index in [0.717, 1.165) is 34.9 Å². The molecular weight excluding hydrogens is 340 g/mol. The maximum Gasteiger partial charge on any atom is 0.161 e. The zero-order chi connectivity index (χ0) is 15.9. The van der Waals surface area contributed by atoms with Gasteiger partial charge in [0.25, 0.3) is 0 Å². The molecule has 0 spiro atoms. The van der Waals surface area contributed by atoms with Gasteiger partial charge in [-0.1, -0.05) is 54.4 Å². The van der Waals surface area contributed by atoms with Crippen molar-refractivity contribution < 1.29 is 9.90 Å². The Morgan fingerprint density at radius 2 is 2.05 bits per heavy atom. The minimum absolute atomic E-state index is 0.00226. The molecule has 118 valence electrons. The molecule has 0 heterocycles. The Morgan fingerprint density at radius 3 is 2.77 bits per heavy atom. The van der Waals surface area contributed by atoms with E-state index in [4.69, 9.17) is 0 Å². The predicted molar refractivity (Wildman–Crippen MR) is 92.4 cm³/mol. The second-order valence-corrected chi connectivity index (χ2v) is 7.93. The first kappa shape index (κ1) is 15.9. The normalized spacial score (nSPS) is 37.2. The van der Waals surface area contributed by atoms with Crippen LogP contribution in [-0.4, -0.2) is 17.0 Å². The van der Waals surface area contributed by atoms with Crippen LogP contribution in [0.3, 0.4) is 0 Å². The number of ketones is 1. The Bertz CT molecular complexity index is 622. The second-order valence-electron chi connectivity index (χ2n) is 7.08. The van der Waals surface area contributed by atoms with E-state index in [2.05, 4.69) is 22.9 Å². The largest absolute Gasteiger partial charge is 0.393 e. The number of fused-ring (bicyclic) bond motifs is 1. The number of allylic oxidation sites excluding steroid dienone is 1. The smallest absolute Gasteiger partial charge is 0.161 e. The summed E-state index contributed by atoms with van der Waals surface area (Å²) in [6.07, 6.45) is 5.33. The van der Waals surface area contributed by atoms with Gasteiger partial charge in [0.15, 0.2) is 5.78 Å². The third-order valence-corrected chi connectivity index (χ3v) is 6.46. The molecule has 2 saturated carbocycles. The van der Waals surface area contributed by atoms with Gasteiger partial charge in [-0.3, -0.25) is 4.79 Å². The maximum absolute atomic E-state index is 12.8. The Labute approximate surface area is 140 Å². The summed E-state index contributed by atoms with van der Waals surface area (Å²) < 4.78 is 0.999. The van der Waals surface area contributed by atoms with Gasteiger partial charge in [0, 0.05) is 15.8 Å². The van der Waals surface area contributed by atoms with E-state index >= 15 is 0 Å². The number of aliphatic hydroxyl groups is 1. The Hall–Kier alpha value is -0.930. The van der Waals surface area contributed by atoms with Gasteiger partial charge in [0.05, 0.1) is 6.10 Å². The van der Waals surface area contributed by atoms with Gasteiger partial charge >= 0.3 is 0 Å². The molecule has 0 amide bonds. The number of Topliss-reactive ketones (excluding diaryl/α,β-unsaturated/α-hetero) is 1. The van der Waals surface area contributed by atoms with E-state index in [-0.39, 0.29) is 23.2 Å². The summed E-state index contributed by atoms with van der Waals surface area (Å²) in [4.78, 5) is 12.8. The molecule has 2 aliphatic rings. The lowest BCUT2D eigenvalue weighted by atomic mass is 9.54. The highest BCUT2D eigenvalue weighted by Crippen LogP contribution is 2.53.